The van der Waals surface area contributed by atoms with Crippen molar-refractivity contribution in [2.24, 2.45) is 0 Å². The van der Waals surface area contributed by atoms with E-state index in [9.17, 15) is 20.1 Å². The van der Waals surface area contributed by atoms with Crippen molar-refractivity contribution in [2.75, 3.05) is 0 Å². The number of aryl methyl sites for hydroxylation is 1. The lowest BCUT2D eigenvalue weighted by molar-refractivity contribution is 0.0692. The zero-order valence-electron chi connectivity index (χ0n) is 16.5. The van der Waals surface area contributed by atoms with Crippen LogP contribution in [-0.2, 0) is 6.42 Å². The first kappa shape index (κ1) is 22.3. The molecule has 0 bridgehead atoms. The van der Waals surface area contributed by atoms with Crippen LogP contribution in [-0.4, -0.2) is 21.3 Å². The zero-order chi connectivity index (χ0) is 19.4. The minimum Gasteiger partial charge on any atom is -0.508 e. The number of carbonyl (C=O) groups is 1. The van der Waals surface area contributed by atoms with Crippen molar-refractivity contribution < 1.29 is 20.1 Å². The van der Waals surface area contributed by atoms with Crippen LogP contribution in [0.15, 0.2) is 6.07 Å². The SMILES string of the molecule is CCCCCCCCCCCCCCc1c(O)cc(C)c(C(=O)O)c1O. The van der Waals surface area contributed by atoms with E-state index in [4.69, 9.17) is 0 Å². The van der Waals surface area contributed by atoms with Crippen molar-refractivity contribution in [2.45, 2.75) is 97.3 Å². The summed E-state index contributed by atoms with van der Waals surface area (Å²) in [5.41, 5.74) is 0.641. The first-order chi connectivity index (χ1) is 12.5. The molecule has 0 atom stereocenters. The van der Waals surface area contributed by atoms with Gasteiger partial charge in [0.15, 0.2) is 0 Å². The molecule has 0 saturated heterocycles. The van der Waals surface area contributed by atoms with E-state index in [1.54, 1.807) is 6.92 Å². The van der Waals surface area contributed by atoms with Gasteiger partial charge in [0.25, 0.3) is 0 Å². The molecule has 0 aliphatic rings. The molecule has 0 unspecified atom stereocenters. The number of rotatable bonds is 14. The molecule has 0 amide bonds. The highest BCUT2D eigenvalue weighted by Gasteiger charge is 2.19. The van der Waals surface area contributed by atoms with E-state index < -0.39 is 5.97 Å². The lowest BCUT2D eigenvalue weighted by Gasteiger charge is -2.12. The van der Waals surface area contributed by atoms with Crippen molar-refractivity contribution in [3.05, 3.63) is 22.8 Å². The van der Waals surface area contributed by atoms with E-state index in [2.05, 4.69) is 6.92 Å². The number of aromatic hydroxyl groups is 2. The summed E-state index contributed by atoms with van der Waals surface area (Å²) in [6.07, 6.45) is 15.5. The van der Waals surface area contributed by atoms with Crippen LogP contribution < -0.4 is 0 Å². The Morgan fingerprint density at radius 3 is 1.77 bits per heavy atom. The van der Waals surface area contributed by atoms with Crippen molar-refractivity contribution in [1.29, 1.82) is 0 Å². The fraction of sp³-hybridized carbons (Fsp3) is 0.682. The van der Waals surface area contributed by atoms with Gasteiger partial charge in [0.1, 0.15) is 17.1 Å². The fourth-order valence-corrected chi connectivity index (χ4v) is 3.48. The molecule has 26 heavy (non-hydrogen) atoms. The van der Waals surface area contributed by atoms with Gasteiger partial charge in [-0.25, -0.2) is 4.79 Å². The number of benzene rings is 1. The maximum Gasteiger partial charge on any atom is 0.339 e. The molecule has 0 saturated carbocycles. The van der Waals surface area contributed by atoms with Crippen molar-refractivity contribution >= 4 is 5.97 Å². The topological polar surface area (TPSA) is 77.8 Å². The molecule has 1 aromatic carbocycles. The number of phenolic OH excluding ortho intramolecular Hbond substituents is 1. The number of hydrogen-bond acceptors (Lipinski definition) is 3. The van der Waals surface area contributed by atoms with Crippen molar-refractivity contribution in [3.8, 4) is 11.5 Å². The smallest absolute Gasteiger partial charge is 0.339 e. The molecule has 4 nitrogen and oxygen atoms in total. The molecule has 148 valence electrons. The first-order valence-corrected chi connectivity index (χ1v) is 10.3. The van der Waals surface area contributed by atoms with Gasteiger partial charge in [0, 0.05) is 5.56 Å². The Morgan fingerprint density at radius 1 is 0.846 bits per heavy atom. The van der Waals surface area contributed by atoms with Crippen LogP contribution in [0.4, 0.5) is 0 Å². The number of carboxylic acid groups (broad SMARTS) is 1. The largest absolute Gasteiger partial charge is 0.508 e. The molecule has 4 heteroatoms. The monoisotopic (exact) mass is 364 g/mol. The summed E-state index contributed by atoms with van der Waals surface area (Å²) >= 11 is 0. The number of aromatic carboxylic acids is 1. The summed E-state index contributed by atoms with van der Waals surface area (Å²) in [6, 6.07) is 1.43. The Morgan fingerprint density at radius 2 is 1.31 bits per heavy atom. The van der Waals surface area contributed by atoms with Crippen LogP contribution >= 0.6 is 0 Å². The standard InChI is InChI=1S/C22H36O4/c1-3-4-5-6-7-8-9-10-11-12-13-14-15-18-19(23)16-17(2)20(21(18)24)22(25)26/h16,23-24H,3-15H2,1-2H3,(H,25,26). The molecule has 0 aliphatic carbocycles. The molecule has 0 spiro atoms. The molecule has 0 heterocycles. The summed E-state index contributed by atoms with van der Waals surface area (Å²) in [7, 11) is 0. The van der Waals surface area contributed by atoms with Gasteiger partial charge in [0.05, 0.1) is 0 Å². The van der Waals surface area contributed by atoms with Crippen LogP contribution in [0.2, 0.25) is 0 Å². The highest BCUT2D eigenvalue weighted by molar-refractivity contribution is 5.93. The van der Waals surface area contributed by atoms with E-state index in [1.807, 2.05) is 0 Å². The van der Waals surface area contributed by atoms with E-state index in [0.717, 1.165) is 19.3 Å². The normalized spacial score (nSPS) is 11.0. The van der Waals surface area contributed by atoms with E-state index >= 15 is 0 Å². The minimum absolute atomic E-state index is 0.00641. The zero-order valence-corrected chi connectivity index (χ0v) is 16.5. The molecular weight excluding hydrogens is 328 g/mol. The molecule has 1 rings (SSSR count). The van der Waals surface area contributed by atoms with E-state index in [-0.39, 0.29) is 17.1 Å². The quantitative estimate of drug-likeness (QED) is 0.336. The first-order valence-electron chi connectivity index (χ1n) is 10.3. The molecule has 0 fully saturated rings. The van der Waals surface area contributed by atoms with E-state index in [1.165, 1.54) is 63.9 Å². The number of unbranched alkanes of at least 4 members (excludes halogenated alkanes) is 11. The van der Waals surface area contributed by atoms with Crippen LogP contribution in [0.3, 0.4) is 0 Å². The van der Waals surface area contributed by atoms with Crippen LogP contribution in [0.25, 0.3) is 0 Å². The van der Waals surface area contributed by atoms with Gasteiger partial charge in [-0.05, 0) is 31.4 Å². The predicted octanol–water partition coefficient (Wildman–Crippen LogP) is 6.35. The summed E-state index contributed by atoms with van der Waals surface area (Å²) in [5.74, 6) is -1.44. The maximum atomic E-state index is 11.2. The number of carboxylic acids is 1. The summed E-state index contributed by atoms with van der Waals surface area (Å²) in [6.45, 7) is 3.82. The van der Waals surface area contributed by atoms with Gasteiger partial charge < -0.3 is 15.3 Å². The van der Waals surface area contributed by atoms with Gasteiger partial charge in [-0.3, -0.25) is 0 Å². The minimum atomic E-state index is -1.16. The lowest BCUT2D eigenvalue weighted by Crippen LogP contribution is -2.03. The molecule has 0 radical (unpaired) electrons. The average molecular weight is 365 g/mol. The molecule has 3 N–H and O–H groups in total. The van der Waals surface area contributed by atoms with Gasteiger partial charge in [0.2, 0.25) is 0 Å². The van der Waals surface area contributed by atoms with E-state index in [0.29, 0.717) is 17.5 Å². The van der Waals surface area contributed by atoms with Crippen molar-refractivity contribution in [1.82, 2.24) is 0 Å². The molecule has 0 aliphatic heterocycles. The highest BCUT2D eigenvalue weighted by Crippen LogP contribution is 2.34. The Bertz CT molecular complexity index is 552. The van der Waals surface area contributed by atoms with Gasteiger partial charge >= 0.3 is 5.97 Å². The molecule has 1 aromatic rings. The third-order valence-corrected chi connectivity index (χ3v) is 5.07. The lowest BCUT2D eigenvalue weighted by atomic mass is 9.97. The number of phenols is 2. The predicted molar refractivity (Wildman–Crippen MR) is 106 cm³/mol. The Kier molecular flexibility index (Phi) is 10.8. The second-order valence-electron chi connectivity index (χ2n) is 7.36. The fourth-order valence-electron chi connectivity index (χ4n) is 3.48. The second-order valence-corrected chi connectivity index (χ2v) is 7.36. The average Bonchev–Trinajstić information content (AvgIpc) is 2.57. The maximum absolute atomic E-state index is 11.2. The highest BCUT2D eigenvalue weighted by atomic mass is 16.4. The summed E-state index contributed by atoms with van der Waals surface area (Å²) < 4.78 is 0. The van der Waals surface area contributed by atoms with Gasteiger partial charge in [-0.2, -0.15) is 0 Å². The molecular formula is C22H36O4. The Balaban J connectivity index is 2.21. The van der Waals surface area contributed by atoms with Crippen molar-refractivity contribution in [3.63, 3.8) is 0 Å². The molecule has 0 aromatic heterocycles. The van der Waals surface area contributed by atoms with Crippen LogP contribution in [0, 0.1) is 6.92 Å². The number of hydrogen-bond donors (Lipinski definition) is 3. The second kappa shape index (κ2) is 12.6. The van der Waals surface area contributed by atoms with Gasteiger partial charge in [-0.1, -0.05) is 77.6 Å². The van der Waals surface area contributed by atoms with Gasteiger partial charge in [-0.15, -0.1) is 0 Å². The summed E-state index contributed by atoms with van der Waals surface area (Å²) in [4.78, 5) is 11.2. The van der Waals surface area contributed by atoms with Crippen LogP contribution in [0.5, 0.6) is 11.5 Å². The van der Waals surface area contributed by atoms with Crippen LogP contribution in [0.1, 0.15) is 105 Å². The Hall–Kier alpha value is -1.71. The third-order valence-electron chi connectivity index (χ3n) is 5.07. The summed E-state index contributed by atoms with van der Waals surface area (Å²) in [5, 5.41) is 29.4. The Labute approximate surface area is 158 Å². The third kappa shape index (κ3) is 7.67.